The molecule has 0 aromatic heterocycles. The molecule has 0 unspecified atom stereocenters. The monoisotopic (exact) mass is 301 g/mol. The van der Waals surface area contributed by atoms with Gasteiger partial charge in [-0.1, -0.05) is 18.2 Å². The molecule has 21 heavy (non-hydrogen) atoms. The van der Waals surface area contributed by atoms with Gasteiger partial charge in [0.05, 0.1) is 11.5 Å². The lowest BCUT2D eigenvalue weighted by Gasteiger charge is -2.35. The first kappa shape index (κ1) is 15.8. The normalized spacial score (nSPS) is 19.4. The zero-order valence-electron chi connectivity index (χ0n) is 11.7. The first-order chi connectivity index (χ1) is 9.80. The molecule has 2 rings (SSSR count). The van der Waals surface area contributed by atoms with Crippen LogP contribution in [0.5, 0.6) is 0 Å². The molecule has 3 nitrogen and oxygen atoms in total. The minimum Gasteiger partial charge on any atom is -0.481 e. The van der Waals surface area contributed by atoms with Crippen LogP contribution in [-0.4, -0.2) is 29.1 Å². The molecule has 1 heterocycles. The average molecular weight is 301 g/mol. The maximum absolute atomic E-state index is 13.0. The minimum absolute atomic E-state index is 0.249. The maximum Gasteiger partial charge on any atom is 0.416 e. The number of aliphatic carboxylic acids is 1. The molecule has 0 spiro atoms. The first-order valence-corrected chi connectivity index (χ1v) is 6.93. The smallest absolute Gasteiger partial charge is 0.416 e. The molecule has 1 aromatic rings. The number of halogens is 3. The number of benzene rings is 1. The Labute approximate surface area is 121 Å². The van der Waals surface area contributed by atoms with Gasteiger partial charge in [-0.15, -0.1) is 0 Å². The van der Waals surface area contributed by atoms with Crippen LogP contribution in [0, 0.1) is 5.92 Å². The Hall–Kier alpha value is -1.56. The molecule has 1 aromatic carbocycles. The summed E-state index contributed by atoms with van der Waals surface area (Å²) in [7, 11) is 0. The summed E-state index contributed by atoms with van der Waals surface area (Å²) in [6.07, 6.45) is -3.41. The van der Waals surface area contributed by atoms with E-state index in [2.05, 4.69) is 0 Å². The number of alkyl halides is 3. The summed E-state index contributed by atoms with van der Waals surface area (Å²) in [6, 6.07) is 5.20. The number of rotatable bonds is 3. The van der Waals surface area contributed by atoms with E-state index < -0.39 is 17.7 Å². The molecule has 1 saturated heterocycles. The fourth-order valence-electron chi connectivity index (χ4n) is 2.85. The Kier molecular flexibility index (Phi) is 4.56. The van der Waals surface area contributed by atoms with Crippen molar-refractivity contribution < 1.29 is 23.1 Å². The standard InChI is InChI=1S/C15H18F3NO2/c1-10(19-8-6-11(7-9-19)14(20)21)12-4-2-3-5-13(12)15(16,17)18/h2-5,10-11H,6-9H2,1H3,(H,20,21)/t10-/m0/s1. The number of carboxylic acids is 1. The molecule has 1 fully saturated rings. The fraction of sp³-hybridized carbons (Fsp3) is 0.533. The molecule has 0 aliphatic carbocycles. The summed E-state index contributed by atoms with van der Waals surface area (Å²) in [5.74, 6) is -1.20. The van der Waals surface area contributed by atoms with E-state index in [0.29, 0.717) is 25.9 Å². The Balaban J connectivity index is 2.15. The van der Waals surface area contributed by atoms with Crippen molar-refractivity contribution in [1.82, 2.24) is 4.90 Å². The Morgan fingerprint density at radius 2 is 1.86 bits per heavy atom. The molecule has 1 N–H and O–H groups in total. The van der Waals surface area contributed by atoms with Gasteiger partial charge in [-0.3, -0.25) is 9.69 Å². The number of nitrogens with zero attached hydrogens (tertiary/aromatic N) is 1. The molecule has 0 radical (unpaired) electrons. The Morgan fingerprint density at radius 3 is 2.38 bits per heavy atom. The van der Waals surface area contributed by atoms with Crippen molar-refractivity contribution in [2.45, 2.75) is 32.0 Å². The molecular formula is C15H18F3NO2. The maximum atomic E-state index is 13.0. The lowest BCUT2D eigenvalue weighted by molar-refractivity contribution is -0.143. The second-order valence-corrected chi connectivity index (χ2v) is 5.41. The summed E-state index contributed by atoms with van der Waals surface area (Å²) >= 11 is 0. The van der Waals surface area contributed by atoms with Gasteiger partial charge in [0, 0.05) is 6.04 Å². The predicted molar refractivity (Wildman–Crippen MR) is 71.8 cm³/mol. The van der Waals surface area contributed by atoms with Gasteiger partial charge in [0.2, 0.25) is 0 Å². The van der Waals surface area contributed by atoms with Crippen molar-refractivity contribution in [3.8, 4) is 0 Å². The van der Waals surface area contributed by atoms with Crippen LogP contribution in [0.2, 0.25) is 0 Å². The van der Waals surface area contributed by atoms with Gasteiger partial charge in [0.1, 0.15) is 0 Å². The van der Waals surface area contributed by atoms with E-state index in [9.17, 15) is 18.0 Å². The van der Waals surface area contributed by atoms with Crippen LogP contribution >= 0.6 is 0 Å². The van der Waals surface area contributed by atoms with E-state index in [4.69, 9.17) is 5.11 Å². The predicted octanol–water partition coefficient (Wildman–Crippen LogP) is 3.56. The van der Waals surface area contributed by atoms with Crippen molar-refractivity contribution in [1.29, 1.82) is 0 Å². The number of likely N-dealkylation sites (tertiary alicyclic amines) is 1. The molecule has 0 bridgehead atoms. The molecule has 1 atom stereocenters. The zero-order chi connectivity index (χ0) is 15.6. The van der Waals surface area contributed by atoms with E-state index in [1.807, 2.05) is 4.90 Å². The number of carbonyl (C=O) groups is 1. The fourth-order valence-corrected chi connectivity index (χ4v) is 2.85. The number of piperidine rings is 1. The number of carboxylic acid groups (broad SMARTS) is 1. The quantitative estimate of drug-likeness (QED) is 0.928. The highest BCUT2D eigenvalue weighted by Gasteiger charge is 2.36. The van der Waals surface area contributed by atoms with Crippen LogP contribution in [0.1, 0.15) is 36.9 Å². The highest BCUT2D eigenvalue weighted by molar-refractivity contribution is 5.70. The van der Waals surface area contributed by atoms with Crippen molar-refractivity contribution in [3.05, 3.63) is 35.4 Å². The second-order valence-electron chi connectivity index (χ2n) is 5.41. The van der Waals surface area contributed by atoms with Crippen LogP contribution in [-0.2, 0) is 11.0 Å². The summed E-state index contributed by atoms with van der Waals surface area (Å²) in [6.45, 7) is 2.75. The molecule has 0 saturated carbocycles. The van der Waals surface area contributed by atoms with Crippen molar-refractivity contribution in [2.24, 2.45) is 5.92 Å². The first-order valence-electron chi connectivity index (χ1n) is 6.93. The van der Waals surface area contributed by atoms with Crippen LogP contribution in [0.3, 0.4) is 0 Å². The Morgan fingerprint density at radius 1 is 1.29 bits per heavy atom. The van der Waals surface area contributed by atoms with Crippen LogP contribution in [0.4, 0.5) is 13.2 Å². The van der Waals surface area contributed by atoms with Gasteiger partial charge >= 0.3 is 12.1 Å². The van der Waals surface area contributed by atoms with Gasteiger partial charge in [-0.25, -0.2) is 0 Å². The number of hydrogen-bond acceptors (Lipinski definition) is 2. The van der Waals surface area contributed by atoms with Gasteiger partial charge in [0.15, 0.2) is 0 Å². The molecule has 0 amide bonds. The highest BCUT2D eigenvalue weighted by atomic mass is 19.4. The molecule has 1 aliphatic rings. The summed E-state index contributed by atoms with van der Waals surface area (Å²) in [4.78, 5) is 12.8. The minimum atomic E-state index is -4.37. The molecule has 1 aliphatic heterocycles. The van der Waals surface area contributed by atoms with E-state index >= 15 is 0 Å². The van der Waals surface area contributed by atoms with Gasteiger partial charge in [-0.2, -0.15) is 13.2 Å². The SMILES string of the molecule is C[C@@H](c1ccccc1C(F)(F)F)N1CCC(C(=O)O)CC1. The lowest BCUT2D eigenvalue weighted by atomic mass is 9.93. The zero-order valence-corrected chi connectivity index (χ0v) is 11.7. The van der Waals surface area contributed by atoms with Crippen molar-refractivity contribution in [3.63, 3.8) is 0 Å². The molecular weight excluding hydrogens is 283 g/mol. The molecule has 116 valence electrons. The summed E-state index contributed by atoms with van der Waals surface area (Å²) < 4.78 is 39.1. The average Bonchev–Trinajstić information content (AvgIpc) is 2.45. The third-order valence-electron chi connectivity index (χ3n) is 4.14. The van der Waals surface area contributed by atoms with E-state index in [1.54, 1.807) is 13.0 Å². The second kappa shape index (κ2) is 6.05. The van der Waals surface area contributed by atoms with Crippen LogP contribution < -0.4 is 0 Å². The van der Waals surface area contributed by atoms with E-state index in [0.717, 1.165) is 6.07 Å². The van der Waals surface area contributed by atoms with E-state index in [1.165, 1.54) is 12.1 Å². The Bertz CT molecular complexity index is 508. The van der Waals surface area contributed by atoms with Gasteiger partial charge in [-0.05, 0) is 44.5 Å². The summed E-state index contributed by atoms with van der Waals surface area (Å²) in [5, 5.41) is 8.96. The third kappa shape index (κ3) is 3.56. The van der Waals surface area contributed by atoms with Crippen molar-refractivity contribution in [2.75, 3.05) is 13.1 Å². The van der Waals surface area contributed by atoms with E-state index in [-0.39, 0.29) is 17.5 Å². The van der Waals surface area contributed by atoms with Crippen molar-refractivity contribution >= 4 is 5.97 Å². The van der Waals surface area contributed by atoms with Crippen LogP contribution in [0.25, 0.3) is 0 Å². The van der Waals surface area contributed by atoms with Crippen LogP contribution in [0.15, 0.2) is 24.3 Å². The lowest BCUT2D eigenvalue weighted by Crippen LogP contribution is -2.38. The topological polar surface area (TPSA) is 40.5 Å². The third-order valence-corrected chi connectivity index (χ3v) is 4.14. The van der Waals surface area contributed by atoms with Gasteiger partial charge < -0.3 is 5.11 Å². The van der Waals surface area contributed by atoms with Gasteiger partial charge in [0.25, 0.3) is 0 Å². The number of hydrogen-bond donors (Lipinski definition) is 1. The largest absolute Gasteiger partial charge is 0.481 e. The highest BCUT2D eigenvalue weighted by Crippen LogP contribution is 2.37. The molecule has 6 heteroatoms. The summed E-state index contributed by atoms with van der Waals surface area (Å²) in [5.41, 5.74) is -0.364.